The first kappa shape index (κ1) is 21.5. The first-order valence-corrected chi connectivity index (χ1v) is 9.59. The average molecular weight is 508 g/mol. The number of hydrogen-bond donors (Lipinski definition) is 2. The molecule has 11 heteroatoms. The Morgan fingerprint density at radius 3 is 2.59 bits per heavy atom. The molecule has 0 radical (unpaired) electrons. The summed E-state index contributed by atoms with van der Waals surface area (Å²) in [7, 11) is 0. The molecule has 0 fully saturated rings. The van der Waals surface area contributed by atoms with Gasteiger partial charge in [0.2, 0.25) is 0 Å². The molecule has 0 spiro atoms. The predicted octanol–water partition coefficient (Wildman–Crippen LogP) is 6.66. The Bertz CT molecular complexity index is 1060. The summed E-state index contributed by atoms with van der Waals surface area (Å²) in [4.78, 5) is 12.1. The summed E-state index contributed by atoms with van der Waals surface area (Å²) in [5.41, 5.74) is -0.0903. The molecule has 0 aliphatic rings. The second-order valence-corrected chi connectivity index (χ2v) is 7.61. The van der Waals surface area contributed by atoms with Crippen LogP contribution in [-0.4, -0.2) is 15.8 Å². The van der Waals surface area contributed by atoms with Crippen LogP contribution in [0.1, 0.15) is 11.1 Å². The first-order valence-electron chi connectivity index (χ1n) is 8.04. The molecule has 29 heavy (non-hydrogen) atoms. The van der Waals surface area contributed by atoms with Crippen molar-refractivity contribution in [1.82, 2.24) is 9.78 Å². The van der Waals surface area contributed by atoms with Crippen LogP contribution in [0.15, 0.2) is 53.1 Å². The Labute approximate surface area is 181 Å². The smallest absolute Gasteiger partial charge is 0.308 e. The van der Waals surface area contributed by atoms with E-state index in [4.69, 9.17) is 23.2 Å². The highest BCUT2D eigenvalue weighted by molar-refractivity contribution is 9.10. The predicted molar refractivity (Wildman–Crippen MR) is 110 cm³/mol. The van der Waals surface area contributed by atoms with Gasteiger partial charge in [-0.25, -0.2) is 4.79 Å². The van der Waals surface area contributed by atoms with Crippen molar-refractivity contribution in [1.29, 1.82) is 0 Å². The van der Waals surface area contributed by atoms with E-state index in [0.717, 1.165) is 17.7 Å². The lowest BCUT2D eigenvalue weighted by Crippen LogP contribution is -2.20. The van der Waals surface area contributed by atoms with E-state index < -0.39 is 17.8 Å². The van der Waals surface area contributed by atoms with Crippen LogP contribution in [0.2, 0.25) is 10.0 Å². The van der Waals surface area contributed by atoms with E-state index in [1.54, 1.807) is 29.1 Å². The van der Waals surface area contributed by atoms with Crippen LogP contribution in [0.25, 0.3) is 0 Å². The van der Waals surface area contributed by atoms with E-state index in [2.05, 4.69) is 31.7 Å². The van der Waals surface area contributed by atoms with Gasteiger partial charge in [0.25, 0.3) is 0 Å². The quantitative estimate of drug-likeness (QED) is 0.414. The lowest BCUT2D eigenvalue weighted by Gasteiger charge is -2.10. The number of carbonyl (C=O) groups excluding carboxylic acids is 1. The second-order valence-electron chi connectivity index (χ2n) is 5.92. The van der Waals surface area contributed by atoms with Gasteiger partial charge in [-0.1, -0.05) is 35.3 Å². The molecule has 1 heterocycles. The molecule has 0 atom stereocenters. The Balaban J connectivity index is 1.68. The molecule has 1 aromatic heterocycles. The maximum Gasteiger partial charge on any atom is 0.416 e. The molecule has 0 saturated carbocycles. The van der Waals surface area contributed by atoms with Crippen LogP contribution in [-0.2, 0) is 12.7 Å². The largest absolute Gasteiger partial charge is 0.416 e. The molecule has 5 nitrogen and oxygen atoms in total. The van der Waals surface area contributed by atoms with Gasteiger partial charge in [0, 0.05) is 21.9 Å². The zero-order chi connectivity index (χ0) is 21.2. The van der Waals surface area contributed by atoms with Gasteiger partial charge in [-0.15, -0.1) is 0 Å². The van der Waals surface area contributed by atoms with E-state index in [9.17, 15) is 18.0 Å². The van der Waals surface area contributed by atoms with Crippen LogP contribution >= 0.6 is 39.1 Å². The fourth-order valence-electron chi connectivity index (χ4n) is 2.43. The highest BCUT2D eigenvalue weighted by Gasteiger charge is 2.30. The minimum Gasteiger partial charge on any atom is -0.308 e. The van der Waals surface area contributed by atoms with E-state index in [1.165, 1.54) is 12.1 Å². The number of amides is 2. The molecule has 2 N–H and O–H groups in total. The molecule has 0 aliphatic heterocycles. The summed E-state index contributed by atoms with van der Waals surface area (Å²) in [6.07, 6.45) is -2.87. The van der Waals surface area contributed by atoms with Gasteiger partial charge in [-0.2, -0.15) is 18.3 Å². The maximum atomic E-state index is 12.8. The van der Waals surface area contributed by atoms with Crippen LogP contribution in [0.3, 0.4) is 0 Å². The van der Waals surface area contributed by atoms with Gasteiger partial charge in [0.05, 0.1) is 16.6 Å². The zero-order valence-electron chi connectivity index (χ0n) is 14.4. The zero-order valence-corrected chi connectivity index (χ0v) is 17.5. The third-order valence-electron chi connectivity index (χ3n) is 3.74. The number of nitrogens with one attached hydrogen (secondary N) is 2. The van der Waals surface area contributed by atoms with Crippen molar-refractivity contribution in [2.45, 2.75) is 12.7 Å². The van der Waals surface area contributed by atoms with Crippen molar-refractivity contribution >= 4 is 56.7 Å². The number of aromatic nitrogens is 2. The first-order chi connectivity index (χ1) is 13.6. The van der Waals surface area contributed by atoms with Gasteiger partial charge in [-0.05, 0) is 51.8 Å². The molecule has 2 amide bonds. The third kappa shape index (κ3) is 5.65. The van der Waals surface area contributed by atoms with E-state index in [1.807, 2.05) is 0 Å². The molecular formula is C18H12BrCl2F3N4O. The Morgan fingerprint density at radius 2 is 1.90 bits per heavy atom. The van der Waals surface area contributed by atoms with Crippen LogP contribution in [0.4, 0.5) is 29.5 Å². The number of hydrogen-bond acceptors (Lipinski definition) is 2. The van der Waals surface area contributed by atoms with Crippen molar-refractivity contribution in [2.75, 3.05) is 10.6 Å². The second kappa shape index (κ2) is 8.64. The summed E-state index contributed by atoms with van der Waals surface area (Å²) in [6.45, 7) is 0.325. The summed E-state index contributed by atoms with van der Waals surface area (Å²) < 4.78 is 40.3. The molecule has 0 bridgehead atoms. The molecular weight excluding hydrogens is 496 g/mol. The molecule has 0 saturated heterocycles. The Hall–Kier alpha value is -2.23. The number of benzene rings is 2. The third-order valence-corrected chi connectivity index (χ3v) is 4.91. The summed E-state index contributed by atoms with van der Waals surface area (Å²) in [5, 5.41) is 10.0. The highest BCUT2D eigenvalue weighted by atomic mass is 79.9. The van der Waals surface area contributed by atoms with E-state index in [-0.39, 0.29) is 11.5 Å². The number of rotatable bonds is 4. The minimum atomic E-state index is -4.50. The number of anilines is 2. The van der Waals surface area contributed by atoms with Crippen molar-refractivity contribution < 1.29 is 18.0 Å². The summed E-state index contributed by atoms with van der Waals surface area (Å²) in [6, 6.07) is 8.65. The molecule has 3 aromatic rings. The summed E-state index contributed by atoms with van der Waals surface area (Å²) in [5.74, 6) is 0.194. The van der Waals surface area contributed by atoms with Gasteiger partial charge < -0.3 is 5.32 Å². The van der Waals surface area contributed by atoms with Crippen molar-refractivity contribution in [3.63, 3.8) is 0 Å². The van der Waals surface area contributed by atoms with Crippen molar-refractivity contribution in [3.05, 3.63) is 74.3 Å². The lowest BCUT2D eigenvalue weighted by molar-refractivity contribution is -0.137. The van der Waals surface area contributed by atoms with E-state index >= 15 is 0 Å². The molecule has 0 unspecified atom stereocenters. The van der Waals surface area contributed by atoms with Crippen molar-refractivity contribution in [3.8, 4) is 0 Å². The number of urea groups is 1. The van der Waals surface area contributed by atoms with Gasteiger partial charge >= 0.3 is 12.2 Å². The van der Waals surface area contributed by atoms with Gasteiger partial charge in [0.1, 0.15) is 0 Å². The standard InChI is InChI=1S/C18H12BrCl2F3N4O/c19-14-9-28(8-10-4-5-12(20)7-15(10)21)27-16(14)26-17(29)25-13-3-1-2-11(6-13)18(22,23)24/h1-7,9H,8H2,(H2,25,26,27,29). The Kier molecular flexibility index (Phi) is 6.40. The summed E-state index contributed by atoms with van der Waals surface area (Å²) >= 11 is 15.3. The Morgan fingerprint density at radius 1 is 1.14 bits per heavy atom. The molecule has 0 aliphatic carbocycles. The average Bonchev–Trinajstić information content (AvgIpc) is 2.96. The lowest BCUT2D eigenvalue weighted by atomic mass is 10.2. The molecule has 152 valence electrons. The normalized spacial score (nSPS) is 11.4. The fraction of sp³-hybridized carbons (Fsp3) is 0.111. The number of nitrogens with zero attached hydrogens (tertiary/aromatic N) is 2. The van der Waals surface area contributed by atoms with Crippen LogP contribution < -0.4 is 10.6 Å². The van der Waals surface area contributed by atoms with Gasteiger partial charge in [0.15, 0.2) is 5.82 Å². The van der Waals surface area contributed by atoms with Gasteiger partial charge in [-0.3, -0.25) is 10.00 Å². The number of carbonyl (C=O) groups is 1. The number of alkyl halides is 3. The van der Waals surface area contributed by atoms with E-state index in [0.29, 0.717) is 21.1 Å². The maximum absolute atomic E-state index is 12.8. The SMILES string of the molecule is O=C(Nc1cccc(C(F)(F)F)c1)Nc1nn(Cc2ccc(Cl)cc2Cl)cc1Br. The van der Waals surface area contributed by atoms with Crippen LogP contribution in [0.5, 0.6) is 0 Å². The van der Waals surface area contributed by atoms with Crippen LogP contribution in [0, 0.1) is 0 Å². The number of halogens is 6. The minimum absolute atomic E-state index is 0.000765. The monoisotopic (exact) mass is 506 g/mol. The highest BCUT2D eigenvalue weighted by Crippen LogP contribution is 2.31. The molecule has 2 aromatic carbocycles. The fourth-order valence-corrected chi connectivity index (χ4v) is 3.31. The van der Waals surface area contributed by atoms with Crippen molar-refractivity contribution in [2.24, 2.45) is 0 Å². The molecule has 3 rings (SSSR count). The topological polar surface area (TPSA) is 59.0 Å².